The lowest BCUT2D eigenvalue weighted by molar-refractivity contribution is 0.0917. The maximum atomic E-state index is 12.3. The molecule has 118 valence electrons. The highest BCUT2D eigenvalue weighted by Crippen LogP contribution is 2.26. The Morgan fingerprint density at radius 1 is 1.33 bits per heavy atom. The van der Waals surface area contributed by atoms with Gasteiger partial charge in [0, 0.05) is 19.2 Å². The largest absolute Gasteiger partial charge is 0.380 e. The molecule has 1 amide bonds. The zero-order chi connectivity index (χ0) is 14.4. The highest BCUT2D eigenvalue weighted by molar-refractivity contribution is 5.95. The average molecular weight is 313 g/mol. The monoisotopic (exact) mass is 312 g/mol. The van der Waals surface area contributed by atoms with E-state index < -0.39 is 0 Å². The van der Waals surface area contributed by atoms with E-state index in [1.807, 2.05) is 24.3 Å². The molecule has 2 N–H and O–H groups in total. The quantitative estimate of drug-likeness (QED) is 0.877. The molecule has 0 aliphatic carbocycles. The fourth-order valence-electron chi connectivity index (χ4n) is 2.62. The van der Waals surface area contributed by atoms with Gasteiger partial charge in [0.05, 0.1) is 6.61 Å². The first kappa shape index (κ1) is 18.0. The summed E-state index contributed by atoms with van der Waals surface area (Å²) in [5.41, 5.74) is 1.85. The lowest BCUT2D eigenvalue weighted by atomic mass is 9.81. The van der Waals surface area contributed by atoms with Crippen molar-refractivity contribution in [3.05, 3.63) is 35.4 Å². The van der Waals surface area contributed by atoms with Crippen LogP contribution in [0, 0.1) is 5.41 Å². The zero-order valence-corrected chi connectivity index (χ0v) is 13.6. The molecule has 1 aromatic carbocycles. The van der Waals surface area contributed by atoms with Crippen LogP contribution in [0.25, 0.3) is 0 Å². The van der Waals surface area contributed by atoms with E-state index in [0.717, 1.165) is 38.0 Å². The molecule has 1 fully saturated rings. The van der Waals surface area contributed by atoms with Crippen LogP contribution in [0.2, 0.25) is 0 Å². The number of ether oxygens (including phenoxy) is 1. The molecule has 0 saturated carbocycles. The van der Waals surface area contributed by atoms with Gasteiger partial charge in [0.15, 0.2) is 0 Å². The summed E-state index contributed by atoms with van der Waals surface area (Å²) in [7, 11) is 1.64. The molecule has 0 atom stereocenters. The van der Waals surface area contributed by atoms with Crippen molar-refractivity contribution in [2.75, 3.05) is 26.7 Å². The molecule has 5 heteroatoms. The van der Waals surface area contributed by atoms with Crippen molar-refractivity contribution in [3.63, 3.8) is 0 Å². The molecule has 1 aliphatic rings. The number of hydrogen-bond acceptors (Lipinski definition) is 3. The average Bonchev–Trinajstić information content (AvgIpc) is 2.47. The van der Waals surface area contributed by atoms with Crippen LogP contribution < -0.4 is 10.6 Å². The maximum Gasteiger partial charge on any atom is 0.251 e. The molecule has 0 aromatic heterocycles. The minimum absolute atomic E-state index is 0. The predicted molar refractivity (Wildman–Crippen MR) is 86.9 cm³/mol. The van der Waals surface area contributed by atoms with Crippen molar-refractivity contribution in [3.8, 4) is 0 Å². The first-order valence-electron chi connectivity index (χ1n) is 7.20. The Kier molecular flexibility index (Phi) is 7.15. The Balaban J connectivity index is 0.00000220. The third-order valence-electron chi connectivity index (χ3n) is 4.05. The molecule has 1 aliphatic heterocycles. The number of carbonyl (C=O) groups excluding carboxylic acids is 1. The number of carbonyl (C=O) groups is 1. The molecule has 0 radical (unpaired) electrons. The predicted octanol–water partition coefficient (Wildman–Crippen LogP) is 2.37. The summed E-state index contributed by atoms with van der Waals surface area (Å²) in [5.74, 6) is -0.00240. The van der Waals surface area contributed by atoms with E-state index in [9.17, 15) is 4.79 Å². The normalized spacial score (nSPS) is 16.9. The molecule has 1 heterocycles. The van der Waals surface area contributed by atoms with Gasteiger partial charge in [0.25, 0.3) is 5.91 Å². The second-order valence-electron chi connectivity index (χ2n) is 5.83. The summed E-state index contributed by atoms with van der Waals surface area (Å²) in [6, 6.07) is 7.61. The van der Waals surface area contributed by atoms with E-state index in [2.05, 4.69) is 17.6 Å². The van der Waals surface area contributed by atoms with Gasteiger partial charge in [-0.3, -0.25) is 4.79 Å². The number of halogens is 1. The van der Waals surface area contributed by atoms with Gasteiger partial charge in [0.2, 0.25) is 0 Å². The molecular weight excluding hydrogens is 288 g/mol. The lowest BCUT2D eigenvalue weighted by Gasteiger charge is -2.34. The number of rotatable bonds is 5. The summed E-state index contributed by atoms with van der Waals surface area (Å²) in [6.45, 7) is 5.51. The molecule has 0 bridgehead atoms. The Bertz CT molecular complexity index is 459. The fourth-order valence-corrected chi connectivity index (χ4v) is 2.62. The van der Waals surface area contributed by atoms with Gasteiger partial charge < -0.3 is 15.4 Å². The van der Waals surface area contributed by atoms with Gasteiger partial charge in [-0.1, -0.05) is 25.1 Å². The topological polar surface area (TPSA) is 50.4 Å². The van der Waals surface area contributed by atoms with E-state index in [1.165, 1.54) is 0 Å². The van der Waals surface area contributed by atoms with Gasteiger partial charge >= 0.3 is 0 Å². The Hall–Kier alpha value is -1.10. The standard InChI is InChI=1S/C16H24N2O2.ClH/c1-16(7-9-17-10-8-16)12-18-15(19)14-6-4-3-5-13(14)11-20-2;/h3-6,17H,7-12H2,1-2H3,(H,18,19);1H. The lowest BCUT2D eigenvalue weighted by Crippen LogP contribution is -2.43. The Morgan fingerprint density at radius 2 is 2.00 bits per heavy atom. The van der Waals surface area contributed by atoms with Crippen LogP contribution in [0.1, 0.15) is 35.7 Å². The first-order valence-corrected chi connectivity index (χ1v) is 7.20. The summed E-state index contributed by atoms with van der Waals surface area (Å²) in [5, 5.41) is 6.44. The molecule has 1 aromatic rings. The van der Waals surface area contributed by atoms with E-state index in [1.54, 1.807) is 7.11 Å². The minimum atomic E-state index is -0.00240. The Labute approximate surface area is 133 Å². The van der Waals surface area contributed by atoms with Crippen LogP contribution in [0.15, 0.2) is 24.3 Å². The van der Waals surface area contributed by atoms with Crippen molar-refractivity contribution in [2.45, 2.75) is 26.4 Å². The van der Waals surface area contributed by atoms with Crippen molar-refractivity contribution in [2.24, 2.45) is 5.41 Å². The smallest absolute Gasteiger partial charge is 0.251 e. The third-order valence-corrected chi connectivity index (χ3v) is 4.05. The SMILES string of the molecule is COCc1ccccc1C(=O)NCC1(C)CCNCC1.Cl. The summed E-state index contributed by atoms with van der Waals surface area (Å²) in [4.78, 5) is 12.3. The Morgan fingerprint density at radius 3 is 2.67 bits per heavy atom. The molecule has 0 unspecified atom stereocenters. The fraction of sp³-hybridized carbons (Fsp3) is 0.562. The molecular formula is C16H25ClN2O2. The summed E-state index contributed by atoms with van der Waals surface area (Å²) < 4.78 is 5.14. The second kappa shape index (κ2) is 8.37. The number of amides is 1. The molecule has 4 nitrogen and oxygen atoms in total. The number of benzene rings is 1. The van der Waals surface area contributed by atoms with Gasteiger partial charge in [-0.2, -0.15) is 0 Å². The molecule has 0 spiro atoms. The van der Waals surface area contributed by atoms with Crippen LogP contribution in [0.5, 0.6) is 0 Å². The van der Waals surface area contributed by atoms with E-state index >= 15 is 0 Å². The zero-order valence-electron chi connectivity index (χ0n) is 12.8. The van der Waals surface area contributed by atoms with Crippen molar-refractivity contribution >= 4 is 18.3 Å². The number of nitrogens with one attached hydrogen (secondary N) is 2. The van der Waals surface area contributed by atoms with Crippen LogP contribution >= 0.6 is 12.4 Å². The van der Waals surface area contributed by atoms with Crippen molar-refractivity contribution in [1.82, 2.24) is 10.6 Å². The van der Waals surface area contributed by atoms with E-state index in [-0.39, 0.29) is 23.7 Å². The van der Waals surface area contributed by atoms with Crippen LogP contribution in [-0.2, 0) is 11.3 Å². The van der Waals surface area contributed by atoms with Crippen LogP contribution in [-0.4, -0.2) is 32.7 Å². The van der Waals surface area contributed by atoms with Gasteiger partial charge in [0.1, 0.15) is 0 Å². The first-order chi connectivity index (χ1) is 9.64. The number of piperidine rings is 1. The second-order valence-corrected chi connectivity index (χ2v) is 5.83. The van der Waals surface area contributed by atoms with E-state index in [4.69, 9.17) is 4.74 Å². The van der Waals surface area contributed by atoms with E-state index in [0.29, 0.717) is 12.2 Å². The number of methoxy groups -OCH3 is 1. The third kappa shape index (κ3) is 4.99. The maximum absolute atomic E-state index is 12.3. The van der Waals surface area contributed by atoms with Crippen molar-refractivity contribution in [1.29, 1.82) is 0 Å². The van der Waals surface area contributed by atoms with Gasteiger partial charge in [-0.25, -0.2) is 0 Å². The highest BCUT2D eigenvalue weighted by atomic mass is 35.5. The minimum Gasteiger partial charge on any atom is -0.380 e. The number of hydrogen-bond donors (Lipinski definition) is 2. The summed E-state index contributed by atoms with van der Waals surface area (Å²) >= 11 is 0. The molecule has 2 rings (SSSR count). The molecule has 1 saturated heterocycles. The highest BCUT2D eigenvalue weighted by Gasteiger charge is 2.27. The van der Waals surface area contributed by atoms with Crippen molar-refractivity contribution < 1.29 is 9.53 Å². The molecule has 21 heavy (non-hydrogen) atoms. The van der Waals surface area contributed by atoms with Gasteiger partial charge in [-0.05, 0) is 43.0 Å². The van der Waals surface area contributed by atoms with Gasteiger partial charge in [-0.15, -0.1) is 12.4 Å². The summed E-state index contributed by atoms with van der Waals surface area (Å²) in [6.07, 6.45) is 2.21. The van der Waals surface area contributed by atoms with Crippen LogP contribution in [0.3, 0.4) is 0 Å². The van der Waals surface area contributed by atoms with Crippen LogP contribution in [0.4, 0.5) is 0 Å².